The van der Waals surface area contributed by atoms with Gasteiger partial charge in [0, 0.05) is 5.56 Å². The zero-order valence-corrected chi connectivity index (χ0v) is 13.2. The number of rotatable bonds is 4. The van der Waals surface area contributed by atoms with Crippen molar-refractivity contribution in [1.82, 2.24) is 15.6 Å². The fraction of sp³-hybridized carbons (Fsp3) is 0.286. The van der Waals surface area contributed by atoms with E-state index < -0.39 is 17.7 Å². The van der Waals surface area contributed by atoms with Gasteiger partial charge in [-0.1, -0.05) is 0 Å². The van der Waals surface area contributed by atoms with Crippen molar-refractivity contribution >= 4 is 15.9 Å². The van der Waals surface area contributed by atoms with Crippen LogP contribution in [0.1, 0.15) is 28.6 Å². The Morgan fingerprint density at radius 2 is 2.00 bits per heavy atom. The summed E-state index contributed by atoms with van der Waals surface area (Å²) in [6.45, 7) is 3.57. The van der Waals surface area contributed by atoms with Gasteiger partial charge in [-0.3, -0.25) is 11.3 Å². The molecule has 0 saturated carbocycles. The van der Waals surface area contributed by atoms with Crippen LogP contribution in [-0.4, -0.2) is 10.2 Å². The fourth-order valence-electron chi connectivity index (χ4n) is 2.14. The van der Waals surface area contributed by atoms with Gasteiger partial charge in [0.05, 0.1) is 21.9 Å². The van der Waals surface area contributed by atoms with E-state index in [1.54, 1.807) is 19.9 Å². The summed E-state index contributed by atoms with van der Waals surface area (Å²) in [5.74, 6) is 4.33. The summed E-state index contributed by atoms with van der Waals surface area (Å²) in [4.78, 5) is 0. The Balaban J connectivity index is 2.40. The highest BCUT2D eigenvalue weighted by molar-refractivity contribution is 9.10. The molecule has 0 amide bonds. The first-order chi connectivity index (χ1) is 9.93. The summed E-state index contributed by atoms with van der Waals surface area (Å²) in [5.41, 5.74) is 4.71. The second-order valence-electron chi connectivity index (χ2n) is 4.77. The maximum atomic E-state index is 14.1. The first-order valence-electron chi connectivity index (χ1n) is 6.33. The molecule has 1 atom stereocenters. The topological polar surface area (TPSA) is 63.8 Å². The van der Waals surface area contributed by atoms with Crippen molar-refractivity contribution in [2.45, 2.75) is 26.3 Å². The van der Waals surface area contributed by atoms with E-state index >= 15 is 0 Å². The number of hydrazine groups is 1. The van der Waals surface area contributed by atoms with Gasteiger partial charge in [0.15, 0.2) is 0 Å². The Kier molecular flexibility index (Phi) is 4.97. The van der Waals surface area contributed by atoms with Crippen LogP contribution < -0.4 is 11.3 Å². The standard InChI is InChI=1S/C14H15BrF2N4/c1-7-5-9(8(2)21-20-7)13(19-18)6-10-12(16)4-3-11(15)14(10)17/h3-5,13,19H,6,18H2,1-2H3. The van der Waals surface area contributed by atoms with Crippen molar-refractivity contribution < 1.29 is 8.78 Å². The zero-order chi connectivity index (χ0) is 15.6. The molecule has 0 saturated heterocycles. The van der Waals surface area contributed by atoms with Crippen LogP contribution in [0.2, 0.25) is 0 Å². The average Bonchev–Trinajstić information content (AvgIpc) is 2.46. The van der Waals surface area contributed by atoms with Gasteiger partial charge in [-0.15, -0.1) is 0 Å². The Bertz CT molecular complexity index is 664. The quantitative estimate of drug-likeness (QED) is 0.502. The van der Waals surface area contributed by atoms with Gasteiger partial charge >= 0.3 is 0 Å². The molecule has 1 aromatic heterocycles. The normalized spacial score (nSPS) is 12.5. The minimum atomic E-state index is -0.619. The average molecular weight is 357 g/mol. The molecule has 112 valence electrons. The third-order valence-electron chi connectivity index (χ3n) is 3.26. The first kappa shape index (κ1) is 15.9. The molecule has 2 aromatic rings. The number of aryl methyl sites for hydroxylation is 2. The maximum Gasteiger partial charge on any atom is 0.143 e. The van der Waals surface area contributed by atoms with E-state index in [4.69, 9.17) is 5.84 Å². The maximum absolute atomic E-state index is 14.1. The van der Waals surface area contributed by atoms with Crippen molar-refractivity contribution in [3.8, 4) is 0 Å². The van der Waals surface area contributed by atoms with Crippen molar-refractivity contribution in [2.24, 2.45) is 5.84 Å². The molecule has 4 nitrogen and oxygen atoms in total. The summed E-state index contributed by atoms with van der Waals surface area (Å²) >= 11 is 3.06. The van der Waals surface area contributed by atoms with Crippen LogP contribution in [0, 0.1) is 25.5 Å². The predicted molar refractivity (Wildman–Crippen MR) is 79.3 cm³/mol. The minimum absolute atomic E-state index is 0.0267. The Morgan fingerprint density at radius 3 is 2.67 bits per heavy atom. The van der Waals surface area contributed by atoms with Gasteiger partial charge in [0.25, 0.3) is 0 Å². The zero-order valence-electron chi connectivity index (χ0n) is 11.6. The van der Waals surface area contributed by atoms with E-state index in [1.807, 2.05) is 0 Å². The Labute approximate surface area is 129 Å². The summed E-state index contributed by atoms with van der Waals surface area (Å²) in [5, 5.41) is 7.95. The summed E-state index contributed by atoms with van der Waals surface area (Å²) in [6.07, 6.45) is 0.0690. The molecule has 0 bridgehead atoms. The van der Waals surface area contributed by atoms with E-state index in [2.05, 4.69) is 31.6 Å². The molecule has 0 radical (unpaired) electrons. The van der Waals surface area contributed by atoms with Crippen LogP contribution >= 0.6 is 15.9 Å². The van der Waals surface area contributed by atoms with E-state index in [1.165, 1.54) is 12.1 Å². The Morgan fingerprint density at radius 1 is 1.29 bits per heavy atom. The fourth-order valence-corrected chi connectivity index (χ4v) is 2.51. The highest BCUT2D eigenvalue weighted by Crippen LogP contribution is 2.27. The lowest BCUT2D eigenvalue weighted by molar-refractivity contribution is 0.494. The van der Waals surface area contributed by atoms with Crippen molar-refractivity contribution in [3.05, 3.63) is 56.8 Å². The van der Waals surface area contributed by atoms with Crippen LogP contribution in [0.15, 0.2) is 22.7 Å². The van der Waals surface area contributed by atoms with E-state index in [0.29, 0.717) is 11.4 Å². The molecule has 1 aromatic carbocycles. The number of nitrogens with one attached hydrogen (secondary N) is 1. The molecule has 0 aliphatic heterocycles. The van der Waals surface area contributed by atoms with E-state index in [0.717, 1.165) is 5.56 Å². The molecule has 0 aliphatic rings. The largest absolute Gasteiger partial charge is 0.271 e. The minimum Gasteiger partial charge on any atom is -0.271 e. The summed E-state index contributed by atoms with van der Waals surface area (Å²) in [7, 11) is 0. The highest BCUT2D eigenvalue weighted by Gasteiger charge is 2.20. The second kappa shape index (κ2) is 6.55. The molecular weight excluding hydrogens is 342 g/mol. The van der Waals surface area contributed by atoms with Crippen LogP contribution in [0.4, 0.5) is 8.78 Å². The van der Waals surface area contributed by atoms with E-state index in [9.17, 15) is 8.78 Å². The first-order valence-corrected chi connectivity index (χ1v) is 7.12. The van der Waals surface area contributed by atoms with Crippen LogP contribution in [0.3, 0.4) is 0 Å². The predicted octanol–water partition coefficient (Wildman–Crippen LogP) is 2.88. The molecule has 0 fully saturated rings. The van der Waals surface area contributed by atoms with Gasteiger partial charge < -0.3 is 0 Å². The summed E-state index contributed by atoms with van der Waals surface area (Å²) < 4.78 is 28.2. The molecular formula is C14H15BrF2N4. The number of hydrogen-bond acceptors (Lipinski definition) is 4. The molecule has 0 spiro atoms. The van der Waals surface area contributed by atoms with Crippen molar-refractivity contribution in [2.75, 3.05) is 0 Å². The van der Waals surface area contributed by atoms with Crippen LogP contribution in [0.25, 0.3) is 0 Å². The lowest BCUT2D eigenvalue weighted by atomic mass is 9.97. The molecule has 2 rings (SSSR count). The summed E-state index contributed by atoms with van der Waals surface area (Å²) in [6, 6.07) is 3.90. The smallest absolute Gasteiger partial charge is 0.143 e. The number of hydrogen-bond donors (Lipinski definition) is 2. The van der Waals surface area contributed by atoms with E-state index in [-0.39, 0.29) is 16.5 Å². The number of nitrogens with two attached hydrogens (primary N) is 1. The van der Waals surface area contributed by atoms with Crippen LogP contribution in [-0.2, 0) is 6.42 Å². The van der Waals surface area contributed by atoms with Gasteiger partial charge in [-0.05, 0) is 60.0 Å². The van der Waals surface area contributed by atoms with Gasteiger partial charge in [0.2, 0.25) is 0 Å². The third kappa shape index (κ3) is 3.42. The van der Waals surface area contributed by atoms with Gasteiger partial charge in [0.1, 0.15) is 11.6 Å². The van der Waals surface area contributed by atoms with Crippen molar-refractivity contribution in [1.29, 1.82) is 0 Å². The van der Waals surface area contributed by atoms with Crippen LogP contribution in [0.5, 0.6) is 0 Å². The molecule has 21 heavy (non-hydrogen) atoms. The second-order valence-corrected chi connectivity index (χ2v) is 5.63. The molecule has 1 unspecified atom stereocenters. The van der Waals surface area contributed by atoms with Gasteiger partial charge in [-0.2, -0.15) is 10.2 Å². The molecule has 0 aliphatic carbocycles. The lowest BCUT2D eigenvalue weighted by Gasteiger charge is -2.19. The number of benzene rings is 1. The molecule has 3 N–H and O–H groups in total. The van der Waals surface area contributed by atoms with Gasteiger partial charge in [-0.25, -0.2) is 8.78 Å². The number of halogens is 3. The molecule has 1 heterocycles. The Hall–Kier alpha value is -1.44. The highest BCUT2D eigenvalue weighted by atomic mass is 79.9. The SMILES string of the molecule is Cc1cc(C(Cc2c(F)ccc(Br)c2F)NN)c(C)nn1. The van der Waals surface area contributed by atoms with Crippen molar-refractivity contribution in [3.63, 3.8) is 0 Å². The monoisotopic (exact) mass is 356 g/mol. The number of aromatic nitrogens is 2. The number of nitrogens with zero attached hydrogens (tertiary/aromatic N) is 2. The lowest BCUT2D eigenvalue weighted by Crippen LogP contribution is -2.31. The third-order valence-corrected chi connectivity index (χ3v) is 3.88. The molecule has 7 heteroatoms.